The number of carbonyl (C=O) groups excluding carboxylic acids is 1. The lowest BCUT2D eigenvalue weighted by Crippen LogP contribution is -2.32. The van der Waals surface area contributed by atoms with Gasteiger partial charge in [-0.25, -0.2) is 4.39 Å². The van der Waals surface area contributed by atoms with Crippen LogP contribution in [0.3, 0.4) is 0 Å². The molecule has 2 aromatic rings. The summed E-state index contributed by atoms with van der Waals surface area (Å²) in [5, 5.41) is 10.3. The highest BCUT2D eigenvalue weighted by molar-refractivity contribution is 6.30. The summed E-state index contributed by atoms with van der Waals surface area (Å²) < 4.78 is 13.4. The topological polar surface area (TPSA) is 56.3 Å². The molecule has 2 heterocycles. The number of hydrogen-bond donors (Lipinski definition) is 2. The molecule has 1 saturated heterocycles. The van der Waals surface area contributed by atoms with Crippen LogP contribution in [0, 0.1) is 5.82 Å². The molecule has 21 heavy (non-hydrogen) atoms. The zero-order chi connectivity index (χ0) is 15.0. The van der Waals surface area contributed by atoms with Crippen LogP contribution in [0.1, 0.15) is 28.5 Å². The Balaban J connectivity index is 1.91. The predicted octanol–water partition coefficient (Wildman–Crippen LogP) is 2.76. The number of aromatic amines is 1. The van der Waals surface area contributed by atoms with Gasteiger partial charge in [-0.1, -0.05) is 23.7 Å². The number of likely N-dealkylation sites (tertiary alicyclic amines) is 1. The van der Waals surface area contributed by atoms with Crippen molar-refractivity contribution in [2.24, 2.45) is 0 Å². The van der Waals surface area contributed by atoms with Crippen LogP contribution in [0.2, 0.25) is 5.02 Å². The summed E-state index contributed by atoms with van der Waals surface area (Å²) in [5.74, 6) is -0.614. The van der Waals surface area contributed by atoms with Crippen molar-refractivity contribution in [1.82, 2.24) is 9.88 Å². The van der Waals surface area contributed by atoms with E-state index in [1.54, 1.807) is 17.0 Å². The van der Waals surface area contributed by atoms with E-state index in [-0.39, 0.29) is 24.3 Å². The maximum atomic E-state index is 13.4. The maximum Gasteiger partial charge on any atom is 0.270 e. The smallest absolute Gasteiger partial charge is 0.270 e. The standard InChI is InChI=1S/C15H14ClFN2O2/c16-10-5-13(18-7-10)15(21)19-8-12(20)6-14(19)9-2-1-3-11(17)4-9/h1-5,7,12,14,18,20H,6,8H2. The van der Waals surface area contributed by atoms with Crippen molar-refractivity contribution in [1.29, 1.82) is 0 Å². The Morgan fingerprint density at radius 2 is 2.24 bits per heavy atom. The summed E-state index contributed by atoms with van der Waals surface area (Å²) >= 11 is 5.81. The van der Waals surface area contributed by atoms with Gasteiger partial charge in [-0.2, -0.15) is 0 Å². The van der Waals surface area contributed by atoms with E-state index in [9.17, 15) is 14.3 Å². The number of carbonyl (C=O) groups is 1. The van der Waals surface area contributed by atoms with Crippen LogP contribution in [-0.2, 0) is 0 Å². The fourth-order valence-electron chi connectivity index (χ4n) is 2.71. The second-order valence-electron chi connectivity index (χ2n) is 5.15. The van der Waals surface area contributed by atoms with E-state index < -0.39 is 6.10 Å². The van der Waals surface area contributed by atoms with Crippen molar-refractivity contribution in [3.63, 3.8) is 0 Å². The Kier molecular flexibility index (Phi) is 3.69. The van der Waals surface area contributed by atoms with E-state index in [1.165, 1.54) is 24.4 Å². The molecule has 2 N–H and O–H groups in total. The molecule has 110 valence electrons. The van der Waals surface area contributed by atoms with Crippen molar-refractivity contribution >= 4 is 17.5 Å². The zero-order valence-electron chi connectivity index (χ0n) is 11.1. The van der Waals surface area contributed by atoms with Gasteiger partial charge in [0.1, 0.15) is 11.5 Å². The van der Waals surface area contributed by atoms with E-state index in [0.717, 1.165) is 0 Å². The van der Waals surface area contributed by atoms with Gasteiger partial charge in [-0.05, 0) is 30.2 Å². The molecule has 1 aromatic carbocycles. The van der Waals surface area contributed by atoms with Crippen molar-refractivity contribution in [3.8, 4) is 0 Å². The number of H-pyrrole nitrogens is 1. The molecule has 1 amide bonds. The molecule has 0 saturated carbocycles. The minimum absolute atomic E-state index is 0.219. The molecule has 1 aliphatic rings. The van der Waals surface area contributed by atoms with Crippen LogP contribution in [0.5, 0.6) is 0 Å². The van der Waals surface area contributed by atoms with Gasteiger partial charge in [-0.3, -0.25) is 4.79 Å². The number of aromatic nitrogens is 1. The molecule has 0 spiro atoms. The van der Waals surface area contributed by atoms with E-state index >= 15 is 0 Å². The normalized spacial score (nSPS) is 21.8. The Hall–Kier alpha value is -1.85. The van der Waals surface area contributed by atoms with Gasteiger partial charge in [0.25, 0.3) is 5.91 Å². The summed E-state index contributed by atoms with van der Waals surface area (Å²) in [6, 6.07) is 7.30. The Bertz CT molecular complexity index is 673. The van der Waals surface area contributed by atoms with Gasteiger partial charge in [0.2, 0.25) is 0 Å². The fourth-order valence-corrected chi connectivity index (χ4v) is 2.88. The van der Waals surface area contributed by atoms with Crippen LogP contribution in [0.4, 0.5) is 4.39 Å². The van der Waals surface area contributed by atoms with Crippen LogP contribution < -0.4 is 0 Å². The average Bonchev–Trinajstić information content (AvgIpc) is 3.04. The number of nitrogens with zero attached hydrogens (tertiary/aromatic N) is 1. The van der Waals surface area contributed by atoms with Gasteiger partial charge in [-0.15, -0.1) is 0 Å². The molecule has 1 fully saturated rings. The molecule has 0 radical (unpaired) electrons. The van der Waals surface area contributed by atoms with E-state index in [4.69, 9.17) is 11.6 Å². The number of aliphatic hydroxyl groups is 1. The number of amides is 1. The summed E-state index contributed by atoms with van der Waals surface area (Å²) in [6.07, 6.45) is 1.30. The van der Waals surface area contributed by atoms with Gasteiger partial charge in [0, 0.05) is 12.7 Å². The van der Waals surface area contributed by atoms with Crippen molar-refractivity contribution in [3.05, 3.63) is 58.6 Å². The number of nitrogens with one attached hydrogen (secondary N) is 1. The number of rotatable bonds is 2. The molecule has 0 bridgehead atoms. The SMILES string of the molecule is O=C(c1cc(Cl)c[nH]1)N1CC(O)CC1c1cccc(F)c1. The highest BCUT2D eigenvalue weighted by Crippen LogP contribution is 2.33. The first-order chi connectivity index (χ1) is 10.0. The maximum absolute atomic E-state index is 13.4. The molecule has 6 heteroatoms. The minimum Gasteiger partial charge on any atom is -0.391 e. The van der Waals surface area contributed by atoms with Crippen LogP contribution in [-0.4, -0.2) is 33.5 Å². The Morgan fingerprint density at radius 1 is 1.43 bits per heavy atom. The summed E-state index contributed by atoms with van der Waals surface area (Å²) in [4.78, 5) is 16.9. The first kappa shape index (κ1) is 14.1. The molecule has 1 aliphatic heterocycles. The lowest BCUT2D eigenvalue weighted by Gasteiger charge is -2.24. The first-order valence-electron chi connectivity index (χ1n) is 6.63. The third-order valence-corrected chi connectivity index (χ3v) is 3.87. The van der Waals surface area contributed by atoms with Crippen molar-refractivity contribution in [2.45, 2.75) is 18.6 Å². The average molecular weight is 309 g/mol. The van der Waals surface area contributed by atoms with Crippen molar-refractivity contribution < 1.29 is 14.3 Å². The highest BCUT2D eigenvalue weighted by atomic mass is 35.5. The molecular formula is C15H14ClFN2O2. The van der Waals surface area contributed by atoms with Gasteiger partial charge in [0.05, 0.1) is 17.2 Å². The van der Waals surface area contributed by atoms with E-state index in [2.05, 4.69) is 4.98 Å². The molecular weight excluding hydrogens is 295 g/mol. The highest BCUT2D eigenvalue weighted by Gasteiger charge is 2.36. The Labute approximate surface area is 126 Å². The molecule has 2 unspecified atom stereocenters. The first-order valence-corrected chi connectivity index (χ1v) is 7.01. The second-order valence-corrected chi connectivity index (χ2v) is 5.59. The van der Waals surface area contributed by atoms with Crippen LogP contribution >= 0.6 is 11.6 Å². The molecule has 4 nitrogen and oxygen atoms in total. The lowest BCUT2D eigenvalue weighted by atomic mass is 10.0. The van der Waals surface area contributed by atoms with E-state index in [0.29, 0.717) is 22.7 Å². The molecule has 3 rings (SSSR count). The third-order valence-electron chi connectivity index (χ3n) is 3.65. The van der Waals surface area contributed by atoms with Gasteiger partial charge in [0.15, 0.2) is 0 Å². The number of β-amino-alcohol motifs (C(OH)–C–C–N with tert-alkyl or cyclic N) is 1. The predicted molar refractivity (Wildman–Crippen MR) is 76.6 cm³/mol. The molecule has 0 aliphatic carbocycles. The largest absolute Gasteiger partial charge is 0.391 e. The minimum atomic E-state index is -0.618. The molecule has 2 atom stereocenters. The van der Waals surface area contributed by atoms with Crippen LogP contribution in [0.15, 0.2) is 36.5 Å². The molecule has 1 aromatic heterocycles. The number of hydrogen-bond acceptors (Lipinski definition) is 2. The van der Waals surface area contributed by atoms with Crippen LogP contribution in [0.25, 0.3) is 0 Å². The Morgan fingerprint density at radius 3 is 2.90 bits per heavy atom. The second kappa shape index (κ2) is 5.50. The fraction of sp³-hybridized carbons (Fsp3) is 0.267. The number of halogens is 2. The van der Waals surface area contributed by atoms with E-state index in [1.807, 2.05) is 0 Å². The summed E-state index contributed by atoms with van der Waals surface area (Å²) in [6.45, 7) is 0.219. The number of benzene rings is 1. The summed E-state index contributed by atoms with van der Waals surface area (Å²) in [7, 11) is 0. The van der Waals surface area contributed by atoms with Crippen molar-refractivity contribution in [2.75, 3.05) is 6.54 Å². The monoisotopic (exact) mass is 308 g/mol. The number of aliphatic hydroxyl groups excluding tert-OH is 1. The lowest BCUT2D eigenvalue weighted by molar-refractivity contribution is 0.0710. The third kappa shape index (κ3) is 2.80. The quantitative estimate of drug-likeness (QED) is 0.896. The van der Waals surface area contributed by atoms with Gasteiger partial charge >= 0.3 is 0 Å². The zero-order valence-corrected chi connectivity index (χ0v) is 11.8. The van der Waals surface area contributed by atoms with Gasteiger partial charge < -0.3 is 15.0 Å². The summed E-state index contributed by atoms with van der Waals surface area (Å²) in [5.41, 5.74) is 1.04.